The molecule has 0 aliphatic heterocycles. The Hall–Kier alpha value is -3.09. The lowest BCUT2D eigenvalue weighted by Crippen LogP contribution is -2.26. The molecule has 0 aliphatic carbocycles. The molecule has 150 valence electrons. The van der Waals surface area contributed by atoms with E-state index in [2.05, 4.69) is 24.6 Å². The fourth-order valence-electron chi connectivity index (χ4n) is 3.55. The van der Waals surface area contributed by atoms with Crippen molar-refractivity contribution < 1.29 is 15.0 Å². The molecule has 0 saturated heterocycles. The average Bonchev–Trinajstić information content (AvgIpc) is 3.14. The van der Waals surface area contributed by atoms with Gasteiger partial charge in [0.1, 0.15) is 0 Å². The van der Waals surface area contributed by atoms with Crippen molar-refractivity contribution in [2.24, 2.45) is 5.92 Å². The Balaban J connectivity index is 1.84. The summed E-state index contributed by atoms with van der Waals surface area (Å²) in [6.07, 6.45) is 3.13. The van der Waals surface area contributed by atoms with Gasteiger partial charge in [0.25, 0.3) is 0 Å². The molecule has 0 unspecified atom stereocenters. The van der Waals surface area contributed by atoms with Gasteiger partial charge in [-0.15, -0.1) is 0 Å². The van der Waals surface area contributed by atoms with Gasteiger partial charge in [0, 0.05) is 36.3 Å². The van der Waals surface area contributed by atoms with Crippen molar-refractivity contribution >= 4 is 16.9 Å². The van der Waals surface area contributed by atoms with E-state index in [1.165, 1.54) is 4.68 Å². The quantitative estimate of drug-likeness (QED) is 0.524. The fraction of sp³-hybridized carbons (Fsp3) is 0.381. The number of nitrogens with one attached hydrogen (secondary N) is 2. The third-order valence-corrected chi connectivity index (χ3v) is 4.76. The van der Waals surface area contributed by atoms with Gasteiger partial charge < -0.3 is 21.0 Å². The molecule has 0 saturated carbocycles. The lowest BCUT2D eigenvalue weighted by atomic mass is 10.1. The lowest BCUT2D eigenvalue weighted by Gasteiger charge is -2.17. The molecule has 0 radical (unpaired) electrons. The number of amides is 1. The molecule has 0 aliphatic rings. The zero-order valence-corrected chi connectivity index (χ0v) is 16.7. The van der Waals surface area contributed by atoms with E-state index < -0.39 is 0 Å². The van der Waals surface area contributed by atoms with Gasteiger partial charge in [-0.1, -0.05) is 32.0 Å². The SMILES string of the molecule is CNC(=O)n1cc(C[C@@H](C)Nn2c(O)cc(CC(C)C)c2O)c2ccccc21. The highest BCUT2D eigenvalue weighted by atomic mass is 16.3. The summed E-state index contributed by atoms with van der Waals surface area (Å²) in [5.74, 6) is 0.382. The van der Waals surface area contributed by atoms with Gasteiger partial charge in [-0.25, -0.2) is 4.79 Å². The molecule has 0 fully saturated rings. The summed E-state index contributed by atoms with van der Waals surface area (Å²) >= 11 is 0. The van der Waals surface area contributed by atoms with E-state index in [0.29, 0.717) is 24.3 Å². The molecule has 7 heteroatoms. The third kappa shape index (κ3) is 3.78. The van der Waals surface area contributed by atoms with Gasteiger partial charge in [-0.2, -0.15) is 4.68 Å². The monoisotopic (exact) mass is 384 g/mol. The number of rotatable bonds is 6. The van der Waals surface area contributed by atoms with Crippen molar-refractivity contribution in [1.29, 1.82) is 0 Å². The number of aromatic nitrogens is 2. The Morgan fingerprint density at radius 3 is 2.50 bits per heavy atom. The van der Waals surface area contributed by atoms with Crippen molar-refractivity contribution in [2.45, 2.75) is 39.7 Å². The van der Waals surface area contributed by atoms with Crippen LogP contribution in [0.15, 0.2) is 36.5 Å². The molecule has 3 rings (SSSR count). The molecule has 1 atom stereocenters. The first-order valence-corrected chi connectivity index (χ1v) is 9.52. The molecular formula is C21H28N4O3. The van der Waals surface area contributed by atoms with Crippen molar-refractivity contribution in [2.75, 3.05) is 12.5 Å². The van der Waals surface area contributed by atoms with E-state index in [1.807, 2.05) is 37.4 Å². The highest BCUT2D eigenvalue weighted by molar-refractivity contribution is 5.93. The van der Waals surface area contributed by atoms with Crippen molar-refractivity contribution in [3.05, 3.63) is 47.7 Å². The van der Waals surface area contributed by atoms with E-state index in [-0.39, 0.29) is 23.8 Å². The number of aromatic hydroxyl groups is 2. The van der Waals surface area contributed by atoms with Crippen molar-refractivity contribution in [3.8, 4) is 11.8 Å². The second-order valence-corrected chi connectivity index (χ2v) is 7.62. The maximum absolute atomic E-state index is 12.2. The van der Waals surface area contributed by atoms with Crippen LogP contribution >= 0.6 is 0 Å². The highest BCUT2D eigenvalue weighted by Gasteiger charge is 2.18. The number of carbonyl (C=O) groups is 1. The average molecular weight is 384 g/mol. The molecule has 2 heterocycles. The first-order valence-electron chi connectivity index (χ1n) is 9.52. The smallest absolute Gasteiger partial charge is 0.325 e. The fourth-order valence-corrected chi connectivity index (χ4v) is 3.55. The maximum atomic E-state index is 12.2. The Morgan fingerprint density at radius 2 is 1.82 bits per heavy atom. The molecule has 3 aromatic rings. The summed E-state index contributed by atoms with van der Waals surface area (Å²) in [5.41, 5.74) is 5.71. The van der Waals surface area contributed by atoms with Crippen LogP contribution in [0.3, 0.4) is 0 Å². The first-order chi connectivity index (χ1) is 13.3. The first kappa shape index (κ1) is 19.7. The van der Waals surface area contributed by atoms with Gasteiger partial charge in [0.05, 0.1) is 5.52 Å². The zero-order valence-electron chi connectivity index (χ0n) is 16.7. The summed E-state index contributed by atoms with van der Waals surface area (Å²) < 4.78 is 2.92. The second-order valence-electron chi connectivity index (χ2n) is 7.62. The normalized spacial score (nSPS) is 12.5. The van der Waals surface area contributed by atoms with Crippen LogP contribution in [0.2, 0.25) is 0 Å². The summed E-state index contributed by atoms with van der Waals surface area (Å²) in [4.78, 5) is 12.2. The Bertz CT molecular complexity index is 987. The summed E-state index contributed by atoms with van der Waals surface area (Å²) in [5, 5.41) is 24.3. The number of hydrogen-bond donors (Lipinski definition) is 4. The van der Waals surface area contributed by atoms with E-state index in [1.54, 1.807) is 17.7 Å². The predicted molar refractivity (Wildman–Crippen MR) is 111 cm³/mol. The van der Waals surface area contributed by atoms with Crippen LogP contribution in [-0.4, -0.2) is 38.6 Å². The number of carbonyl (C=O) groups excluding carboxylic acids is 1. The molecule has 0 bridgehead atoms. The van der Waals surface area contributed by atoms with Crippen molar-refractivity contribution in [1.82, 2.24) is 14.6 Å². The Labute approximate surface area is 164 Å². The maximum Gasteiger partial charge on any atom is 0.325 e. The molecule has 1 amide bonds. The van der Waals surface area contributed by atoms with Gasteiger partial charge in [-0.05, 0) is 37.3 Å². The number of benzene rings is 1. The molecular weight excluding hydrogens is 356 g/mol. The zero-order chi connectivity index (χ0) is 20.4. The minimum Gasteiger partial charge on any atom is -0.493 e. The molecule has 2 aromatic heterocycles. The summed E-state index contributed by atoms with van der Waals surface area (Å²) in [6, 6.07) is 9.05. The van der Waals surface area contributed by atoms with Gasteiger partial charge in [0.15, 0.2) is 0 Å². The number of fused-ring (bicyclic) bond motifs is 1. The minimum atomic E-state index is -0.193. The Kier molecular flexibility index (Phi) is 5.53. The highest BCUT2D eigenvalue weighted by Crippen LogP contribution is 2.29. The lowest BCUT2D eigenvalue weighted by molar-refractivity contribution is 0.245. The van der Waals surface area contributed by atoms with Crippen molar-refractivity contribution in [3.63, 3.8) is 0 Å². The predicted octanol–water partition coefficient (Wildman–Crippen LogP) is 3.41. The number of hydrogen-bond acceptors (Lipinski definition) is 4. The Morgan fingerprint density at radius 1 is 1.11 bits per heavy atom. The van der Waals surface area contributed by atoms with E-state index >= 15 is 0 Å². The van der Waals surface area contributed by atoms with Crippen LogP contribution in [0, 0.1) is 5.92 Å². The standard InChI is InChI=1S/C21H28N4O3/c1-13(2)9-15-11-19(26)25(20(15)27)23-14(3)10-16-12-24(21(28)22-4)18-8-6-5-7-17(16)18/h5-8,11-14,23,26-27H,9-10H2,1-4H3,(H,22,28)/t14-/m1/s1. The van der Waals surface area contributed by atoms with Crippen LogP contribution < -0.4 is 10.7 Å². The van der Waals surface area contributed by atoms with Gasteiger partial charge >= 0.3 is 6.03 Å². The summed E-state index contributed by atoms with van der Waals surface area (Å²) in [6.45, 7) is 6.09. The van der Waals surface area contributed by atoms with Crippen LogP contribution in [-0.2, 0) is 12.8 Å². The number of para-hydroxylation sites is 1. The minimum absolute atomic E-state index is 0.0206. The number of nitrogens with zero attached hydrogens (tertiary/aromatic N) is 2. The van der Waals surface area contributed by atoms with E-state index in [0.717, 1.165) is 16.5 Å². The summed E-state index contributed by atoms with van der Waals surface area (Å²) in [7, 11) is 1.60. The molecule has 28 heavy (non-hydrogen) atoms. The topological polar surface area (TPSA) is 91.5 Å². The van der Waals surface area contributed by atoms with Crippen LogP contribution in [0.1, 0.15) is 31.9 Å². The molecule has 4 N–H and O–H groups in total. The van der Waals surface area contributed by atoms with Gasteiger partial charge in [0.2, 0.25) is 11.8 Å². The van der Waals surface area contributed by atoms with E-state index in [9.17, 15) is 15.0 Å². The van der Waals surface area contributed by atoms with Crippen LogP contribution in [0.25, 0.3) is 10.9 Å². The third-order valence-electron chi connectivity index (χ3n) is 4.76. The van der Waals surface area contributed by atoms with Gasteiger partial charge in [-0.3, -0.25) is 4.57 Å². The molecule has 1 aromatic carbocycles. The molecule has 7 nitrogen and oxygen atoms in total. The van der Waals surface area contributed by atoms with Crippen LogP contribution in [0.5, 0.6) is 11.8 Å². The van der Waals surface area contributed by atoms with Crippen LogP contribution in [0.4, 0.5) is 4.79 Å². The largest absolute Gasteiger partial charge is 0.493 e. The van der Waals surface area contributed by atoms with E-state index in [4.69, 9.17) is 0 Å². The second kappa shape index (κ2) is 7.88. The molecule has 0 spiro atoms.